The van der Waals surface area contributed by atoms with Gasteiger partial charge in [-0.2, -0.15) is 0 Å². The van der Waals surface area contributed by atoms with E-state index in [2.05, 4.69) is 578 Å². The van der Waals surface area contributed by atoms with Crippen molar-refractivity contribution in [3.8, 4) is 55.6 Å². The van der Waals surface area contributed by atoms with Gasteiger partial charge in [0.15, 0.2) is 0 Å². The fraction of sp³-hybridized carbons (Fsp3) is 0. The Labute approximate surface area is 842 Å². The number of rotatable bonds is 17. The fourth-order valence-corrected chi connectivity index (χ4v) is 24.0. The molecule has 0 fully saturated rings. The number of anilines is 12. The third kappa shape index (κ3) is 18.0. The SMILES string of the molecule is c1ccc(-c2ccc(N(c3ccc(-c4ccccc4)cc3)c3ccc4sc5ccccc5c4c3)cc2)cc1.c1ccc(-c2ccc(N(c3ccc4ccccc4c3)c3ccc4sc5ccccc5c4c3)cc2)cc1.c1ccc(-c2ccc(N(c3ccc4sc5ccccc5c4c3)c3cccc4ccccc34)cc2)cc1.c1ccc(-c2ccc(N(c3ccccc3)c3ccc4sc5ccccc5c4c3)cc2)cc1. The molecule has 0 bridgehead atoms. The molecule has 0 aliphatic rings. The summed E-state index contributed by atoms with van der Waals surface area (Å²) in [5, 5.41) is 15.5. The lowest BCUT2D eigenvalue weighted by Gasteiger charge is -2.27. The van der Waals surface area contributed by atoms with Crippen molar-refractivity contribution >= 4 is 216 Å². The molecule has 4 heterocycles. The van der Waals surface area contributed by atoms with Gasteiger partial charge in [0, 0.05) is 149 Å². The first-order valence-corrected chi connectivity index (χ1v) is 51.3. The molecule has 23 aromatic carbocycles. The van der Waals surface area contributed by atoms with E-state index >= 15 is 0 Å². The van der Waals surface area contributed by atoms with Gasteiger partial charge < -0.3 is 19.6 Å². The first-order valence-electron chi connectivity index (χ1n) is 48.0. The van der Waals surface area contributed by atoms with Gasteiger partial charge in [0.1, 0.15) is 0 Å². The Bertz CT molecular complexity index is 9030. The van der Waals surface area contributed by atoms with Crippen LogP contribution in [0, 0.1) is 0 Å². The summed E-state index contributed by atoms with van der Waals surface area (Å²) in [6, 6.07) is 200. The van der Waals surface area contributed by atoms with E-state index < -0.39 is 0 Å². The van der Waals surface area contributed by atoms with Crippen LogP contribution in [-0.4, -0.2) is 0 Å². The van der Waals surface area contributed by atoms with E-state index in [0.29, 0.717) is 0 Å². The molecule has 0 atom stereocenters. The molecule has 0 unspecified atom stereocenters. The Kier molecular flexibility index (Phi) is 24.4. The third-order valence-corrected chi connectivity index (χ3v) is 31.3. The molecule has 0 N–H and O–H groups in total. The van der Waals surface area contributed by atoms with E-state index in [4.69, 9.17) is 0 Å². The van der Waals surface area contributed by atoms with E-state index in [-0.39, 0.29) is 0 Å². The highest BCUT2D eigenvalue weighted by Crippen LogP contribution is 2.49. The van der Waals surface area contributed by atoms with Gasteiger partial charge in [0.2, 0.25) is 0 Å². The molecule has 0 aliphatic heterocycles. The largest absolute Gasteiger partial charge is 0.310 e. The Morgan fingerprint density at radius 2 is 0.310 bits per heavy atom. The molecular weight excluding hydrogens is 1790 g/mol. The molecule has 0 spiro atoms. The lowest BCUT2D eigenvalue weighted by molar-refractivity contribution is 1.29. The number of para-hydroxylation sites is 1. The fourth-order valence-electron chi connectivity index (χ4n) is 19.6. The Hall–Kier alpha value is -17.3. The van der Waals surface area contributed by atoms with Crippen LogP contribution in [0.3, 0.4) is 0 Å². The highest BCUT2D eigenvalue weighted by atomic mass is 32.1. The van der Waals surface area contributed by atoms with Crippen molar-refractivity contribution in [2.75, 3.05) is 19.6 Å². The van der Waals surface area contributed by atoms with Crippen molar-refractivity contribution in [3.05, 3.63) is 558 Å². The molecule has 0 saturated heterocycles. The van der Waals surface area contributed by atoms with Crippen LogP contribution in [-0.2, 0) is 0 Å². The minimum atomic E-state index is 1.14. The van der Waals surface area contributed by atoms with Crippen molar-refractivity contribution in [2.24, 2.45) is 0 Å². The zero-order chi connectivity index (χ0) is 94.4. The molecule has 0 aliphatic carbocycles. The second-order valence-electron chi connectivity index (χ2n) is 35.4. The topological polar surface area (TPSA) is 13.0 Å². The van der Waals surface area contributed by atoms with E-state index in [1.54, 1.807) is 0 Å². The maximum atomic E-state index is 2.39. The lowest BCUT2D eigenvalue weighted by Crippen LogP contribution is -2.10. The summed E-state index contributed by atoms with van der Waals surface area (Å²) in [5.41, 5.74) is 26.1. The number of nitrogens with zero attached hydrogens (tertiary/aromatic N) is 4. The third-order valence-electron chi connectivity index (χ3n) is 26.7. The van der Waals surface area contributed by atoms with Crippen LogP contribution in [0.2, 0.25) is 0 Å². The maximum Gasteiger partial charge on any atom is 0.0540 e. The Morgan fingerprint density at radius 1 is 0.106 bits per heavy atom. The summed E-state index contributed by atoms with van der Waals surface area (Å²) < 4.78 is 10.6. The number of hydrogen-bond acceptors (Lipinski definition) is 8. The summed E-state index contributed by atoms with van der Waals surface area (Å²) in [6.07, 6.45) is 0. The lowest BCUT2D eigenvalue weighted by atomic mass is 10.0. The molecule has 27 rings (SSSR count). The average molecular weight is 1890 g/mol. The second kappa shape index (κ2) is 39.6. The van der Waals surface area contributed by atoms with Crippen LogP contribution in [0.25, 0.3) is 158 Å². The standard InChI is InChI=1S/C36H25NS.2C34H23NS.C30H21NS/c1-3-9-26(10-4-1)28-15-19-30(20-16-28)37(31-21-17-29(18-22-31)27-11-5-2-6-12-27)32-23-24-36-34(25-32)33-13-7-8-14-35(33)38-36;1-2-9-24(10-3-1)25-17-19-27(20-18-25)35(32-15-8-12-26-11-4-5-13-29(26)32)28-21-22-34-31(23-28)30-14-6-7-16-33(30)36-34;1-2-8-24(9-3-1)26-14-17-28(18-15-26)35(29-19-16-25-10-4-5-11-27(25)22-29)30-20-21-34-32(23-30)31-12-6-7-13-33(31)36-34;1-3-9-22(10-4-1)23-15-17-25(18-16-23)31(24-11-5-2-6-12-24)26-19-20-30-28(21-26)27-13-7-8-14-29(27)32-30/h1-25H;2*1-23H;1-21H. The van der Waals surface area contributed by atoms with Gasteiger partial charge in [0.05, 0.1) is 5.69 Å². The second-order valence-corrected chi connectivity index (χ2v) is 39.7. The summed E-state index contributed by atoms with van der Waals surface area (Å²) >= 11 is 7.42. The van der Waals surface area contributed by atoms with E-state index in [1.165, 1.54) is 169 Å². The van der Waals surface area contributed by atoms with Gasteiger partial charge in [0.25, 0.3) is 0 Å². The minimum Gasteiger partial charge on any atom is -0.310 e. The number of thiophene rings is 4. The van der Waals surface area contributed by atoms with Crippen molar-refractivity contribution in [3.63, 3.8) is 0 Å². The molecule has 142 heavy (non-hydrogen) atoms. The molecule has 672 valence electrons. The summed E-state index contributed by atoms with van der Waals surface area (Å²) in [5.74, 6) is 0. The van der Waals surface area contributed by atoms with Crippen LogP contribution >= 0.6 is 45.3 Å². The summed E-state index contributed by atoms with van der Waals surface area (Å²) in [7, 11) is 0. The number of benzene rings is 23. The zero-order valence-corrected chi connectivity index (χ0v) is 80.8. The zero-order valence-electron chi connectivity index (χ0n) is 77.5. The summed E-state index contributed by atoms with van der Waals surface area (Å²) in [6.45, 7) is 0. The van der Waals surface area contributed by atoms with Crippen LogP contribution < -0.4 is 19.6 Å². The average Bonchev–Trinajstić information content (AvgIpc) is 1.67. The molecule has 27 aromatic rings. The highest BCUT2D eigenvalue weighted by Gasteiger charge is 2.23. The normalized spacial score (nSPS) is 11.2. The van der Waals surface area contributed by atoms with Crippen molar-refractivity contribution in [1.82, 2.24) is 0 Å². The molecule has 4 aromatic heterocycles. The molecule has 0 amide bonds. The van der Waals surface area contributed by atoms with Gasteiger partial charge in [-0.05, 0) is 260 Å². The van der Waals surface area contributed by atoms with E-state index in [0.717, 1.165) is 56.9 Å². The maximum absolute atomic E-state index is 2.39. The molecular formula is C134H92N4S4. The first-order chi connectivity index (χ1) is 70.4. The van der Waals surface area contributed by atoms with Crippen LogP contribution in [0.15, 0.2) is 558 Å². The molecule has 8 heteroatoms. The summed E-state index contributed by atoms with van der Waals surface area (Å²) in [4.78, 5) is 9.45. The number of fused-ring (bicyclic) bond motifs is 14. The molecule has 4 nitrogen and oxygen atoms in total. The van der Waals surface area contributed by atoms with Gasteiger partial charge in [-0.1, -0.05) is 370 Å². The van der Waals surface area contributed by atoms with Gasteiger partial charge >= 0.3 is 0 Å². The van der Waals surface area contributed by atoms with Crippen molar-refractivity contribution in [1.29, 1.82) is 0 Å². The molecule has 0 radical (unpaired) electrons. The van der Waals surface area contributed by atoms with Gasteiger partial charge in [-0.15, -0.1) is 45.3 Å². The first kappa shape index (κ1) is 87.4. The quantitative estimate of drug-likeness (QED) is 0.0901. The van der Waals surface area contributed by atoms with E-state index in [1.807, 2.05) is 45.3 Å². The van der Waals surface area contributed by atoms with Crippen molar-refractivity contribution < 1.29 is 0 Å². The van der Waals surface area contributed by atoms with Crippen molar-refractivity contribution in [2.45, 2.75) is 0 Å². The van der Waals surface area contributed by atoms with E-state index in [9.17, 15) is 0 Å². The predicted octanol–water partition coefficient (Wildman–Crippen LogP) is 40.7. The van der Waals surface area contributed by atoms with Gasteiger partial charge in [-0.3, -0.25) is 0 Å². The monoisotopic (exact) mass is 1880 g/mol. The van der Waals surface area contributed by atoms with Crippen LogP contribution in [0.1, 0.15) is 0 Å². The smallest absolute Gasteiger partial charge is 0.0540 e. The molecule has 0 saturated carbocycles. The van der Waals surface area contributed by atoms with Gasteiger partial charge in [-0.25, -0.2) is 0 Å². The minimum absolute atomic E-state index is 1.14. The Morgan fingerprint density at radius 3 is 0.634 bits per heavy atom. The Balaban J connectivity index is 0.000000102. The highest BCUT2D eigenvalue weighted by molar-refractivity contribution is 7.27. The number of hydrogen-bond donors (Lipinski definition) is 0. The van der Waals surface area contributed by atoms with Crippen LogP contribution in [0.5, 0.6) is 0 Å². The predicted molar refractivity (Wildman–Crippen MR) is 618 cm³/mol. The van der Waals surface area contributed by atoms with Crippen LogP contribution in [0.4, 0.5) is 68.2 Å².